The van der Waals surface area contributed by atoms with Gasteiger partial charge in [-0.05, 0) is 36.6 Å². The van der Waals surface area contributed by atoms with Crippen LogP contribution in [0.25, 0.3) is 10.4 Å². The van der Waals surface area contributed by atoms with E-state index in [1.807, 2.05) is 36.4 Å². The molecule has 0 saturated carbocycles. The van der Waals surface area contributed by atoms with Crippen LogP contribution >= 0.6 is 11.3 Å². The van der Waals surface area contributed by atoms with Gasteiger partial charge in [0.15, 0.2) is 0 Å². The summed E-state index contributed by atoms with van der Waals surface area (Å²) in [6, 6.07) is 8.30. The lowest BCUT2D eigenvalue weighted by molar-refractivity contribution is -0.126. The zero-order chi connectivity index (χ0) is 18.5. The van der Waals surface area contributed by atoms with Gasteiger partial charge in [-0.3, -0.25) is 9.48 Å². The molecule has 5 nitrogen and oxygen atoms in total. The summed E-state index contributed by atoms with van der Waals surface area (Å²) in [7, 11) is 0. The van der Waals surface area contributed by atoms with E-state index in [1.165, 1.54) is 11.0 Å². The lowest BCUT2D eigenvalue weighted by Crippen LogP contribution is -2.32. The van der Waals surface area contributed by atoms with Crippen molar-refractivity contribution in [3.05, 3.63) is 71.6 Å². The van der Waals surface area contributed by atoms with Crippen LogP contribution in [-0.2, 0) is 17.9 Å². The van der Waals surface area contributed by atoms with Gasteiger partial charge in [0.25, 0.3) is 0 Å². The van der Waals surface area contributed by atoms with Crippen molar-refractivity contribution in [3.8, 4) is 10.4 Å². The fourth-order valence-corrected chi connectivity index (χ4v) is 3.58. The Hall–Kier alpha value is -2.73. The first-order chi connectivity index (χ1) is 12.6. The van der Waals surface area contributed by atoms with Gasteiger partial charge >= 0.3 is 0 Å². The molecule has 26 heavy (non-hydrogen) atoms. The smallest absolute Gasteiger partial charge is 0.246 e. The Kier molecular flexibility index (Phi) is 5.63. The molecule has 3 aromatic rings. The highest BCUT2D eigenvalue weighted by Gasteiger charge is 2.12. The molecule has 1 amide bonds. The van der Waals surface area contributed by atoms with Gasteiger partial charge in [-0.2, -0.15) is 5.10 Å². The van der Waals surface area contributed by atoms with Gasteiger partial charge < -0.3 is 4.90 Å². The topological polar surface area (TPSA) is 51.0 Å². The van der Waals surface area contributed by atoms with Gasteiger partial charge in [0.2, 0.25) is 5.91 Å². The molecule has 0 aliphatic rings. The molecule has 0 saturated heterocycles. The van der Waals surface area contributed by atoms with Gasteiger partial charge in [-0.25, -0.2) is 4.98 Å². The van der Waals surface area contributed by atoms with Crippen molar-refractivity contribution < 1.29 is 4.79 Å². The number of aromatic nitrogens is 3. The van der Waals surface area contributed by atoms with Crippen LogP contribution in [0.1, 0.15) is 16.8 Å². The fourth-order valence-electron chi connectivity index (χ4n) is 2.77. The van der Waals surface area contributed by atoms with Crippen molar-refractivity contribution in [2.24, 2.45) is 0 Å². The maximum Gasteiger partial charge on any atom is 0.246 e. The Morgan fingerprint density at radius 2 is 2.08 bits per heavy atom. The molecule has 0 bridgehead atoms. The summed E-state index contributed by atoms with van der Waals surface area (Å²) < 4.78 is 1.86. The van der Waals surface area contributed by atoms with E-state index in [9.17, 15) is 4.79 Å². The minimum absolute atomic E-state index is 0.0729. The van der Waals surface area contributed by atoms with Crippen LogP contribution in [0.15, 0.2) is 54.8 Å². The number of carbonyl (C=O) groups is 1. The molecule has 0 unspecified atom stereocenters. The molecule has 1 aromatic carbocycles. The standard InChI is InChI=1S/C20H22N4OS/c1-4-19(25)23(9-10-24-12-15(2)11-22-24)13-17-5-7-18(8-6-17)20-16(3)21-14-26-20/h4-8,11-12,14H,1,9-10,13H2,2-3H3. The molecule has 6 heteroatoms. The fraction of sp³-hybridized carbons (Fsp3) is 0.250. The Balaban J connectivity index is 1.69. The second kappa shape index (κ2) is 8.10. The molecule has 0 fully saturated rings. The van der Waals surface area contributed by atoms with Crippen LogP contribution in [0.2, 0.25) is 0 Å². The van der Waals surface area contributed by atoms with Crippen LogP contribution in [0.5, 0.6) is 0 Å². The third-order valence-electron chi connectivity index (χ3n) is 4.18. The summed E-state index contributed by atoms with van der Waals surface area (Å²) in [5.74, 6) is -0.0729. The average Bonchev–Trinajstić information content (AvgIpc) is 3.26. The highest BCUT2D eigenvalue weighted by atomic mass is 32.1. The second-order valence-corrected chi connectivity index (χ2v) is 7.06. The highest BCUT2D eigenvalue weighted by Crippen LogP contribution is 2.27. The first-order valence-corrected chi connectivity index (χ1v) is 9.34. The van der Waals surface area contributed by atoms with E-state index >= 15 is 0 Å². The number of thiazole rings is 1. The Bertz CT molecular complexity index is 895. The molecule has 0 aliphatic heterocycles. The normalized spacial score (nSPS) is 10.7. The zero-order valence-corrected chi connectivity index (χ0v) is 15.9. The maximum absolute atomic E-state index is 12.2. The summed E-state index contributed by atoms with van der Waals surface area (Å²) in [5, 5.41) is 4.28. The quantitative estimate of drug-likeness (QED) is 0.597. The Labute approximate surface area is 157 Å². The maximum atomic E-state index is 12.2. The molecule has 0 aliphatic carbocycles. The number of hydrogen-bond acceptors (Lipinski definition) is 4. The molecule has 0 atom stereocenters. The van der Waals surface area contributed by atoms with Crippen molar-refractivity contribution >= 4 is 17.2 Å². The van der Waals surface area contributed by atoms with Crippen molar-refractivity contribution in [3.63, 3.8) is 0 Å². The van der Waals surface area contributed by atoms with Gasteiger partial charge in [0.05, 0.1) is 28.8 Å². The summed E-state index contributed by atoms with van der Waals surface area (Å²) in [4.78, 5) is 19.5. The molecule has 0 N–H and O–H groups in total. The number of aryl methyl sites for hydroxylation is 2. The predicted octanol–water partition coefficient (Wildman–Crippen LogP) is 3.84. The Morgan fingerprint density at radius 1 is 1.31 bits per heavy atom. The average molecular weight is 366 g/mol. The van der Waals surface area contributed by atoms with E-state index in [0.717, 1.165) is 22.4 Å². The van der Waals surface area contributed by atoms with E-state index < -0.39 is 0 Å². The summed E-state index contributed by atoms with van der Waals surface area (Å²) in [6.07, 6.45) is 5.16. The highest BCUT2D eigenvalue weighted by molar-refractivity contribution is 7.13. The van der Waals surface area contributed by atoms with Crippen molar-refractivity contribution in [2.45, 2.75) is 26.9 Å². The van der Waals surface area contributed by atoms with Gasteiger partial charge in [-0.1, -0.05) is 30.8 Å². The molecule has 0 spiro atoms. The van der Waals surface area contributed by atoms with Crippen molar-refractivity contribution in [1.82, 2.24) is 19.7 Å². The third-order valence-corrected chi connectivity index (χ3v) is 5.16. The summed E-state index contributed by atoms with van der Waals surface area (Å²) in [6.45, 7) is 9.43. The van der Waals surface area contributed by atoms with Crippen molar-refractivity contribution in [2.75, 3.05) is 6.54 Å². The third kappa shape index (κ3) is 4.26. The molecular formula is C20H22N4OS. The molecule has 0 radical (unpaired) electrons. The van der Waals surface area contributed by atoms with Crippen LogP contribution in [0.4, 0.5) is 0 Å². The van der Waals surface area contributed by atoms with Gasteiger partial charge in [0, 0.05) is 19.3 Å². The molecule has 134 valence electrons. The minimum Gasteiger partial charge on any atom is -0.333 e. The second-order valence-electron chi connectivity index (χ2n) is 6.21. The summed E-state index contributed by atoms with van der Waals surface area (Å²) >= 11 is 1.64. The minimum atomic E-state index is -0.0729. The lowest BCUT2D eigenvalue weighted by Gasteiger charge is -2.21. The predicted molar refractivity (Wildman–Crippen MR) is 105 cm³/mol. The van der Waals surface area contributed by atoms with E-state index in [-0.39, 0.29) is 5.91 Å². The van der Waals surface area contributed by atoms with E-state index in [4.69, 9.17) is 0 Å². The number of benzene rings is 1. The SMILES string of the molecule is C=CC(=O)N(CCn1cc(C)cn1)Cc1ccc(-c2scnc2C)cc1. The molecule has 2 aromatic heterocycles. The monoisotopic (exact) mass is 366 g/mol. The molecule has 3 rings (SSSR count). The number of carbonyl (C=O) groups excluding carboxylic acids is 1. The number of nitrogens with zero attached hydrogens (tertiary/aromatic N) is 4. The number of hydrogen-bond donors (Lipinski definition) is 0. The van der Waals surface area contributed by atoms with Crippen LogP contribution in [0, 0.1) is 13.8 Å². The van der Waals surface area contributed by atoms with Gasteiger partial charge in [0.1, 0.15) is 0 Å². The van der Waals surface area contributed by atoms with Crippen LogP contribution in [0.3, 0.4) is 0 Å². The Morgan fingerprint density at radius 3 is 2.65 bits per heavy atom. The largest absolute Gasteiger partial charge is 0.333 e. The number of rotatable bonds is 7. The first kappa shape index (κ1) is 18.1. The summed E-state index contributed by atoms with van der Waals surface area (Å²) in [5.41, 5.74) is 6.26. The van der Waals surface area contributed by atoms with Crippen LogP contribution < -0.4 is 0 Å². The van der Waals surface area contributed by atoms with E-state index in [1.54, 1.807) is 16.2 Å². The first-order valence-electron chi connectivity index (χ1n) is 8.46. The molecule has 2 heterocycles. The van der Waals surface area contributed by atoms with E-state index in [0.29, 0.717) is 19.6 Å². The van der Waals surface area contributed by atoms with E-state index in [2.05, 4.69) is 40.9 Å². The zero-order valence-electron chi connectivity index (χ0n) is 15.1. The van der Waals surface area contributed by atoms with Gasteiger partial charge in [-0.15, -0.1) is 11.3 Å². The molecular weight excluding hydrogens is 344 g/mol. The van der Waals surface area contributed by atoms with Crippen molar-refractivity contribution in [1.29, 1.82) is 0 Å². The lowest BCUT2D eigenvalue weighted by atomic mass is 10.1. The number of amides is 1. The van der Waals surface area contributed by atoms with Crippen LogP contribution in [-0.4, -0.2) is 32.1 Å².